The highest BCUT2D eigenvalue weighted by molar-refractivity contribution is 6.17. The highest BCUT2D eigenvalue weighted by Crippen LogP contribution is 2.26. The van der Waals surface area contributed by atoms with Crippen molar-refractivity contribution in [3.05, 3.63) is 0 Å². The number of rotatable bonds is 10. The Morgan fingerprint density at radius 1 is 1.17 bits per heavy atom. The molecule has 0 aromatic carbocycles. The molecule has 1 amide bonds. The molecule has 0 radical (unpaired) electrons. The first-order chi connectivity index (χ1) is 8.79. The number of halogens is 1. The summed E-state index contributed by atoms with van der Waals surface area (Å²) >= 11 is 5.74. The Kier molecular flexibility index (Phi) is 8.49. The molecule has 0 spiro atoms. The van der Waals surface area contributed by atoms with E-state index in [0.29, 0.717) is 17.8 Å². The van der Waals surface area contributed by atoms with Crippen molar-refractivity contribution in [1.82, 2.24) is 4.90 Å². The van der Waals surface area contributed by atoms with Gasteiger partial charge >= 0.3 is 0 Å². The van der Waals surface area contributed by atoms with E-state index in [1.54, 1.807) is 0 Å². The summed E-state index contributed by atoms with van der Waals surface area (Å²) in [7, 11) is 0. The highest BCUT2D eigenvalue weighted by Gasteiger charge is 2.27. The van der Waals surface area contributed by atoms with Crippen LogP contribution in [-0.4, -0.2) is 29.3 Å². The van der Waals surface area contributed by atoms with E-state index < -0.39 is 0 Å². The lowest BCUT2D eigenvalue weighted by molar-refractivity contribution is -0.135. The van der Waals surface area contributed by atoms with E-state index in [2.05, 4.69) is 11.8 Å². The number of nitrogens with zero attached hydrogens (tertiary/aromatic N) is 1. The number of amides is 1. The minimum atomic E-state index is 0.362. The quantitative estimate of drug-likeness (QED) is 0.428. The van der Waals surface area contributed by atoms with Gasteiger partial charge in [0.15, 0.2) is 0 Å². The predicted molar refractivity (Wildman–Crippen MR) is 78.1 cm³/mol. The van der Waals surface area contributed by atoms with Crippen molar-refractivity contribution in [2.45, 2.75) is 77.2 Å². The largest absolute Gasteiger partial charge is 0.340 e. The first-order valence-corrected chi connectivity index (χ1v) is 8.18. The second kappa shape index (κ2) is 9.66. The van der Waals surface area contributed by atoms with Crippen molar-refractivity contribution in [3.63, 3.8) is 0 Å². The van der Waals surface area contributed by atoms with Gasteiger partial charge in [0.1, 0.15) is 0 Å². The van der Waals surface area contributed by atoms with Crippen LogP contribution < -0.4 is 0 Å². The minimum Gasteiger partial charge on any atom is -0.340 e. The van der Waals surface area contributed by atoms with Gasteiger partial charge in [0, 0.05) is 24.9 Å². The van der Waals surface area contributed by atoms with Crippen LogP contribution in [0.1, 0.15) is 71.1 Å². The third-order valence-corrected chi connectivity index (χ3v) is 4.13. The number of alkyl halides is 1. The molecular formula is C15H28ClNO. The fourth-order valence-corrected chi connectivity index (χ4v) is 2.58. The van der Waals surface area contributed by atoms with E-state index in [1.165, 1.54) is 44.9 Å². The second-order valence-corrected chi connectivity index (χ2v) is 5.76. The minimum absolute atomic E-state index is 0.362. The van der Waals surface area contributed by atoms with Gasteiger partial charge < -0.3 is 4.90 Å². The smallest absolute Gasteiger partial charge is 0.222 e. The summed E-state index contributed by atoms with van der Waals surface area (Å²) in [4.78, 5) is 14.3. The van der Waals surface area contributed by atoms with E-state index in [0.717, 1.165) is 25.8 Å². The van der Waals surface area contributed by atoms with Crippen molar-refractivity contribution >= 4 is 17.5 Å². The SMILES string of the molecule is CCCCCCCC(=O)N(CCCCl)C1CCC1. The molecule has 0 atom stereocenters. The maximum absolute atomic E-state index is 12.2. The molecule has 1 aliphatic rings. The summed E-state index contributed by atoms with van der Waals surface area (Å²) in [6.07, 6.45) is 11.4. The van der Waals surface area contributed by atoms with E-state index in [4.69, 9.17) is 11.6 Å². The molecule has 3 heteroatoms. The molecule has 1 fully saturated rings. The molecule has 0 aromatic rings. The molecule has 0 unspecified atom stereocenters. The van der Waals surface area contributed by atoms with Gasteiger partial charge in [-0.3, -0.25) is 4.79 Å². The first kappa shape index (κ1) is 15.8. The van der Waals surface area contributed by atoms with Crippen LogP contribution >= 0.6 is 11.6 Å². The van der Waals surface area contributed by atoms with Gasteiger partial charge in [0.2, 0.25) is 5.91 Å². The van der Waals surface area contributed by atoms with Crippen LogP contribution in [0.3, 0.4) is 0 Å². The molecule has 0 aromatic heterocycles. The van der Waals surface area contributed by atoms with E-state index >= 15 is 0 Å². The van der Waals surface area contributed by atoms with Gasteiger partial charge in [0.25, 0.3) is 0 Å². The highest BCUT2D eigenvalue weighted by atomic mass is 35.5. The summed E-state index contributed by atoms with van der Waals surface area (Å²) in [5, 5.41) is 0. The molecule has 18 heavy (non-hydrogen) atoms. The number of carbonyl (C=O) groups is 1. The van der Waals surface area contributed by atoms with Crippen molar-refractivity contribution in [2.75, 3.05) is 12.4 Å². The Morgan fingerprint density at radius 3 is 2.44 bits per heavy atom. The molecule has 0 N–H and O–H groups in total. The Hall–Kier alpha value is -0.240. The fraction of sp³-hybridized carbons (Fsp3) is 0.933. The molecule has 0 bridgehead atoms. The third kappa shape index (κ3) is 5.60. The van der Waals surface area contributed by atoms with Gasteiger partial charge in [-0.15, -0.1) is 11.6 Å². The maximum Gasteiger partial charge on any atom is 0.222 e. The topological polar surface area (TPSA) is 20.3 Å². The molecule has 106 valence electrons. The summed E-state index contributed by atoms with van der Waals surface area (Å²) in [5.74, 6) is 1.02. The molecule has 0 heterocycles. The zero-order valence-corrected chi connectivity index (χ0v) is 12.6. The Balaban J connectivity index is 2.21. The van der Waals surface area contributed by atoms with E-state index in [9.17, 15) is 4.79 Å². The lowest BCUT2D eigenvalue weighted by Gasteiger charge is -2.37. The predicted octanol–water partition coefficient (Wildman–Crippen LogP) is 4.36. The average molecular weight is 274 g/mol. The zero-order valence-electron chi connectivity index (χ0n) is 11.8. The third-order valence-electron chi connectivity index (χ3n) is 3.86. The van der Waals surface area contributed by atoms with Crippen molar-refractivity contribution in [1.29, 1.82) is 0 Å². The van der Waals surface area contributed by atoms with Crippen LogP contribution in [0.5, 0.6) is 0 Å². The van der Waals surface area contributed by atoms with Gasteiger partial charge in [0.05, 0.1) is 0 Å². The van der Waals surface area contributed by atoms with Crippen molar-refractivity contribution in [3.8, 4) is 0 Å². The monoisotopic (exact) mass is 273 g/mol. The van der Waals surface area contributed by atoms with Gasteiger partial charge in [-0.1, -0.05) is 32.6 Å². The van der Waals surface area contributed by atoms with Gasteiger partial charge in [-0.05, 0) is 32.1 Å². The van der Waals surface area contributed by atoms with Crippen LogP contribution in [-0.2, 0) is 4.79 Å². The Bertz CT molecular complexity index is 229. The number of hydrogen-bond donors (Lipinski definition) is 0. The zero-order chi connectivity index (χ0) is 13.2. The Labute approximate surface area is 117 Å². The molecule has 1 aliphatic carbocycles. The van der Waals surface area contributed by atoms with Gasteiger partial charge in [-0.2, -0.15) is 0 Å². The first-order valence-electron chi connectivity index (χ1n) is 7.65. The fourth-order valence-electron chi connectivity index (χ4n) is 2.46. The van der Waals surface area contributed by atoms with E-state index in [-0.39, 0.29) is 0 Å². The second-order valence-electron chi connectivity index (χ2n) is 5.38. The standard InChI is InChI=1S/C15H28ClNO/c1-2-3-4-5-6-11-15(18)17(13-8-12-16)14-9-7-10-14/h14H,2-13H2,1H3. The number of unbranched alkanes of at least 4 members (excludes halogenated alkanes) is 4. The molecule has 1 rings (SSSR count). The van der Waals surface area contributed by atoms with Crippen molar-refractivity contribution in [2.24, 2.45) is 0 Å². The van der Waals surface area contributed by atoms with E-state index in [1.807, 2.05) is 0 Å². The van der Waals surface area contributed by atoms with Crippen LogP contribution in [0.4, 0.5) is 0 Å². The van der Waals surface area contributed by atoms with Crippen LogP contribution in [0, 0.1) is 0 Å². The van der Waals surface area contributed by atoms with Gasteiger partial charge in [-0.25, -0.2) is 0 Å². The molecular weight excluding hydrogens is 246 g/mol. The lowest BCUT2D eigenvalue weighted by Crippen LogP contribution is -2.44. The maximum atomic E-state index is 12.2. The Morgan fingerprint density at radius 2 is 1.89 bits per heavy atom. The van der Waals surface area contributed by atoms with Crippen LogP contribution in [0.15, 0.2) is 0 Å². The summed E-state index contributed by atoms with van der Waals surface area (Å²) in [6, 6.07) is 0.524. The normalized spacial score (nSPS) is 15.4. The van der Waals surface area contributed by atoms with Crippen LogP contribution in [0.25, 0.3) is 0 Å². The molecule has 2 nitrogen and oxygen atoms in total. The molecule has 0 aliphatic heterocycles. The number of hydrogen-bond acceptors (Lipinski definition) is 1. The molecule has 1 saturated carbocycles. The lowest BCUT2D eigenvalue weighted by atomic mass is 9.91. The summed E-state index contributed by atoms with van der Waals surface area (Å²) in [6.45, 7) is 3.08. The summed E-state index contributed by atoms with van der Waals surface area (Å²) < 4.78 is 0. The van der Waals surface area contributed by atoms with Crippen LogP contribution in [0.2, 0.25) is 0 Å². The van der Waals surface area contributed by atoms with Crippen molar-refractivity contribution < 1.29 is 4.79 Å². The average Bonchev–Trinajstić information content (AvgIpc) is 2.31. The molecule has 0 saturated heterocycles. The summed E-state index contributed by atoms with van der Waals surface area (Å²) in [5.41, 5.74) is 0. The number of carbonyl (C=O) groups excluding carboxylic acids is 1.